The molecule has 1 aliphatic carbocycles. The maximum atomic E-state index is 11.9. The molecule has 1 saturated heterocycles. The van der Waals surface area contributed by atoms with Crippen LogP contribution in [0.5, 0.6) is 0 Å². The monoisotopic (exact) mass is 394 g/mol. The Kier molecular flexibility index (Phi) is 6.65. The number of hydrogen-bond donors (Lipinski definition) is 1. The molecule has 1 aliphatic heterocycles. The quantitative estimate of drug-likeness (QED) is 0.715. The van der Waals surface area contributed by atoms with E-state index >= 15 is 0 Å². The maximum absolute atomic E-state index is 11.9. The van der Waals surface area contributed by atoms with Gasteiger partial charge in [-0.15, -0.1) is 0 Å². The molecule has 0 radical (unpaired) electrons. The number of nitrogens with one attached hydrogen (secondary N) is 1. The summed E-state index contributed by atoms with van der Waals surface area (Å²) in [6, 6.07) is 9.09. The Morgan fingerprint density at radius 2 is 1.86 bits per heavy atom. The highest BCUT2D eigenvalue weighted by Crippen LogP contribution is 2.33. The van der Waals surface area contributed by atoms with Crippen LogP contribution in [0.25, 0.3) is 11.3 Å². The molecular formula is C24H34N4O. The van der Waals surface area contributed by atoms with Gasteiger partial charge in [0, 0.05) is 57.0 Å². The molecule has 2 aromatic rings. The van der Waals surface area contributed by atoms with Crippen molar-refractivity contribution >= 4 is 5.91 Å². The molecule has 5 heteroatoms. The summed E-state index contributed by atoms with van der Waals surface area (Å²) in [4.78, 5) is 13.9. The van der Waals surface area contributed by atoms with Gasteiger partial charge in [0.25, 0.3) is 0 Å². The Morgan fingerprint density at radius 1 is 1.07 bits per heavy atom. The minimum absolute atomic E-state index is 0.304. The van der Waals surface area contributed by atoms with Gasteiger partial charge in [-0.1, -0.05) is 43.5 Å². The van der Waals surface area contributed by atoms with E-state index in [1.165, 1.54) is 48.8 Å². The number of rotatable bonds is 7. The lowest BCUT2D eigenvalue weighted by molar-refractivity contribution is -0.133. The summed E-state index contributed by atoms with van der Waals surface area (Å²) in [5, 5.41) is 8.22. The van der Waals surface area contributed by atoms with Crippen molar-refractivity contribution in [2.75, 3.05) is 19.6 Å². The zero-order valence-electron chi connectivity index (χ0n) is 17.7. The van der Waals surface area contributed by atoms with Crippen LogP contribution < -0.4 is 5.32 Å². The van der Waals surface area contributed by atoms with E-state index in [0.717, 1.165) is 50.6 Å². The Balaban J connectivity index is 1.35. The van der Waals surface area contributed by atoms with E-state index in [4.69, 9.17) is 5.10 Å². The van der Waals surface area contributed by atoms with Crippen LogP contribution in [0.3, 0.4) is 0 Å². The first-order valence-electron chi connectivity index (χ1n) is 11.3. The average Bonchev–Trinajstić information content (AvgIpc) is 3.13. The van der Waals surface area contributed by atoms with Gasteiger partial charge < -0.3 is 10.2 Å². The lowest BCUT2D eigenvalue weighted by atomic mass is 9.84. The number of likely N-dealkylation sites (tertiary alicyclic amines) is 1. The number of amides is 1. The van der Waals surface area contributed by atoms with Crippen LogP contribution >= 0.6 is 0 Å². The second-order valence-corrected chi connectivity index (χ2v) is 8.65. The van der Waals surface area contributed by atoms with E-state index in [9.17, 15) is 4.79 Å². The zero-order valence-corrected chi connectivity index (χ0v) is 17.7. The van der Waals surface area contributed by atoms with Gasteiger partial charge in [-0.25, -0.2) is 0 Å². The number of benzene rings is 1. The molecule has 1 aromatic carbocycles. The van der Waals surface area contributed by atoms with Crippen LogP contribution in [0.1, 0.15) is 68.4 Å². The Morgan fingerprint density at radius 3 is 2.62 bits per heavy atom. The summed E-state index contributed by atoms with van der Waals surface area (Å²) in [5.41, 5.74) is 4.94. The molecule has 0 unspecified atom stereocenters. The summed E-state index contributed by atoms with van der Waals surface area (Å²) in [5.74, 6) is 1.04. The fraction of sp³-hybridized carbons (Fsp3) is 0.583. The number of carbonyl (C=O) groups excluding carboxylic acids is 1. The molecule has 0 atom stereocenters. The van der Waals surface area contributed by atoms with Gasteiger partial charge in [-0.3, -0.25) is 9.48 Å². The topological polar surface area (TPSA) is 50.2 Å². The van der Waals surface area contributed by atoms with Crippen LogP contribution in [0.15, 0.2) is 30.5 Å². The first kappa shape index (κ1) is 20.1. The molecule has 29 heavy (non-hydrogen) atoms. The summed E-state index contributed by atoms with van der Waals surface area (Å²) < 4.78 is 1.90. The van der Waals surface area contributed by atoms with Gasteiger partial charge in [0.15, 0.2) is 0 Å². The first-order valence-corrected chi connectivity index (χ1v) is 11.3. The fourth-order valence-corrected chi connectivity index (χ4v) is 4.79. The van der Waals surface area contributed by atoms with Crippen LogP contribution in [0.4, 0.5) is 0 Å². The third kappa shape index (κ3) is 5.08. The zero-order chi connectivity index (χ0) is 20.1. The highest BCUT2D eigenvalue weighted by atomic mass is 16.2. The van der Waals surface area contributed by atoms with E-state index in [1.807, 2.05) is 16.6 Å². The number of aryl methyl sites for hydroxylation is 1. The lowest BCUT2D eigenvalue weighted by Crippen LogP contribution is -2.39. The van der Waals surface area contributed by atoms with Gasteiger partial charge in [0.05, 0.1) is 5.69 Å². The van der Waals surface area contributed by atoms with Crippen LogP contribution in [-0.4, -0.2) is 40.2 Å². The summed E-state index contributed by atoms with van der Waals surface area (Å²) >= 11 is 0. The molecule has 156 valence electrons. The van der Waals surface area contributed by atoms with Crippen molar-refractivity contribution in [1.82, 2.24) is 20.0 Å². The molecule has 1 aromatic heterocycles. The van der Waals surface area contributed by atoms with Crippen molar-refractivity contribution in [3.8, 4) is 11.3 Å². The van der Waals surface area contributed by atoms with E-state index in [1.54, 1.807) is 0 Å². The standard InChI is InChI=1S/C24H34N4O/c1-27-18-22(17-25-14-16-28-15-6-5-9-23(28)29)24(26-27)21-12-10-20(11-13-21)19-7-3-2-4-8-19/h10-13,18-19,25H,2-9,14-17H2,1H3. The number of piperidine rings is 1. The summed E-state index contributed by atoms with van der Waals surface area (Å²) in [7, 11) is 1.98. The molecule has 2 heterocycles. The van der Waals surface area contributed by atoms with Crippen LogP contribution in [0.2, 0.25) is 0 Å². The molecule has 2 aliphatic rings. The van der Waals surface area contributed by atoms with E-state index in [-0.39, 0.29) is 0 Å². The molecule has 1 N–H and O–H groups in total. The van der Waals surface area contributed by atoms with Crippen molar-refractivity contribution in [3.05, 3.63) is 41.6 Å². The van der Waals surface area contributed by atoms with Crippen LogP contribution in [0, 0.1) is 0 Å². The number of aromatic nitrogens is 2. The normalized spacial score (nSPS) is 18.4. The predicted octanol–water partition coefficient (Wildman–Crippen LogP) is 4.24. The molecule has 1 amide bonds. The van der Waals surface area contributed by atoms with Crippen molar-refractivity contribution in [3.63, 3.8) is 0 Å². The largest absolute Gasteiger partial charge is 0.341 e. The van der Waals surface area contributed by atoms with Gasteiger partial charge in [-0.05, 0) is 37.2 Å². The molecule has 1 saturated carbocycles. The third-order valence-corrected chi connectivity index (χ3v) is 6.46. The molecule has 4 rings (SSSR count). The Hall–Kier alpha value is -2.14. The molecule has 2 fully saturated rings. The summed E-state index contributed by atoms with van der Waals surface area (Å²) in [6.07, 6.45) is 11.8. The minimum atomic E-state index is 0.304. The Labute approximate surface area is 174 Å². The summed E-state index contributed by atoms with van der Waals surface area (Å²) in [6.45, 7) is 3.30. The average molecular weight is 395 g/mol. The minimum Gasteiger partial charge on any atom is -0.341 e. The maximum Gasteiger partial charge on any atom is 0.222 e. The molecule has 5 nitrogen and oxygen atoms in total. The first-order chi connectivity index (χ1) is 14.2. The molecule has 0 bridgehead atoms. The second kappa shape index (κ2) is 9.57. The van der Waals surface area contributed by atoms with Crippen molar-refractivity contribution in [1.29, 1.82) is 0 Å². The van der Waals surface area contributed by atoms with Gasteiger partial charge in [-0.2, -0.15) is 5.10 Å². The Bertz CT molecular complexity index is 805. The number of hydrogen-bond acceptors (Lipinski definition) is 3. The fourth-order valence-electron chi connectivity index (χ4n) is 4.79. The molecular weight excluding hydrogens is 360 g/mol. The van der Waals surface area contributed by atoms with Gasteiger partial charge in [0.1, 0.15) is 0 Å². The SMILES string of the molecule is Cn1cc(CNCCN2CCCCC2=O)c(-c2ccc(C3CCCCC3)cc2)n1. The van der Waals surface area contributed by atoms with E-state index in [2.05, 4.69) is 35.8 Å². The lowest BCUT2D eigenvalue weighted by Gasteiger charge is -2.26. The van der Waals surface area contributed by atoms with Gasteiger partial charge in [0.2, 0.25) is 5.91 Å². The van der Waals surface area contributed by atoms with Crippen LogP contribution in [-0.2, 0) is 18.4 Å². The number of carbonyl (C=O) groups is 1. The highest BCUT2D eigenvalue weighted by Gasteiger charge is 2.18. The molecule has 0 spiro atoms. The number of nitrogens with zero attached hydrogens (tertiary/aromatic N) is 3. The smallest absolute Gasteiger partial charge is 0.222 e. The second-order valence-electron chi connectivity index (χ2n) is 8.65. The highest BCUT2D eigenvalue weighted by molar-refractivity contribution is 5.76. The predicted molar refractivity (Wildman–Crippen MR) is 117 cm³/mol. The third-order valence-electron chi connectivity index (χ3n) is 6.46. The van der Waals surface area contributed by atoms with Crippen molar-refractivity contribution in [2.45, 2.75) is 63.8 Å². The van der Waals surface area contributed by atoms with E-state index < -0.39 is 0 Å². The van der Waals surface area contributed by atoms with Crippen molar-refractivity contribution in [2.24, 2.45) is 7.05 Å². The van der Waals surface area contributed by atoms with Gasteiger partial charge >= 0.3 is 0 Å². The van der Waals surface area contributed by atoms with E-state index in [0.29, 0.717) is 12.3 Å². The van der Waals surface area contributed by atoms with Crippen molar-refractivity contribution < 1.29 is 4.79 Å².